The molecule has 1 aromatic carbocycles. The van der Waals surface area contributed by atoms with Crippen molar-refractivity contribution in [1.29, 1.82) is 0 Å². The van der Waals surface area contributed by atoms with Crippen molar-refractivity contribution in [1.82, 2.24) is 14.5 Å². The maximum Gasteiger partial charge on any atom is 0.335 e. The molecule has 1 saturated heterocycles. The number of aromatic carboxylic acids is 1. The van der Waals surface area contributed by atoms with Gasteiger partial charge in [0.05, 0.1) is 11.3 Å². The molecule has 2 aliphatic heterocycles. The number of hydrogen-bond acceptors (Lipinski definition) is 4. The maximum absolute atomic E-state index is 11.8. The SMILES string of the molecule is Cl.Cl.O=C(O)c1ccc2c(C3CCCCC3)c3n(c2c1)CCN(CCN1CCCCC1)c1ncccc1-3. The van der Waals surface area contributed by atoms with Crippen molar-refractivity contribution < 1.29 is 9.90 Å². The molecule has 6 rings (SSSR count). The van der Waals surface area contributed by atoms with Gasteiger partial charge in [0.15, 0.2) is 0 Å². The van der Waals surface area contributed by atoms with Crippen LogP contribution in [-0.2, 0) is 6.54 Å². The van der Waals surface area contributed by atoms with Crippen molar-refractivity contribution in [2.75, 3.05) is 37.6 Å². The molecule has 2 fully saturated rings. The topological polar surface area (TPSA) is 61.6 Å². The molecular weight excluding hydrogens is 507 g/mol. The lowest BCUT2D eigenvalue weighted by Gasteiger charge is -2.30. The van der Waals surface area contributed by atoms with E-state index in [-0.39, 0.29) is 24.8 Å². The smallest absolute Gasteiger partial charge is 0.335 e. The fourth-order valence-electron chi connectivity index (χ4n) is 6.66. The van der Waals surface area contributed by atoms with E-state index in [1.165, 1.54) is 86.7 Å². The number of anilines is 1. The molecule has 0 bridgehead atoms. The molecule has 1 N–H and O–H groups in total. The minimum Gasteiger partial charge on any atom is -0.478 e. The van der Waals surface area contributed by atoms with Crippen LogP contribution in [0.5, 0.6) is 0 Å². The first kappa shape index (κ1) is 27.7. The van der Waals surface area contributed by atoms with Gasteiger partial charge in [-0.25, -0.2) is 9.78 Å². The summed E-state index contributed by atoms with van der Waals surface area (Å²) in [4.78, 5) is 21.8. The highest BCUT2D eigenvalue weighted by Gasteiger charge is 2.31. The molecule has 200 valence electrons. The van der Waals surface area contributed by atoms with Crippen LogP contribution in [0.15, 0.2) is 36.5 Å². The number of pyridine rings is 1. The molecule has 8 heteroatoms. The van der Waals surface area contributed by atoms with Crippen LogP contribution in [0, 0.1) is 0 Å². The first-order valence-electron chi connectivity index (χ1n) is 13.5. The van der Waals surface area contributed by atoms with Crippen LogP contribution in [0.25, 0.3) is 22.2 Å². The third-order valence-electron chi connectivity index (χ3n) is 8.43. The number of halogens is 2. The monoisotopic (exact) mass is 544 g/mol. The number of hydrogen-bond donors (Lipinski definition) is 1. The van der Waals surface area contributed by atoms with Crippen LogP contribution in [0.4, 0.5) is 5.82 Å². The van der Waals surface area contributed by atoms with Crippen molar-refractivity contribution in [3.8, 4) is 11.3 Å². The van der Waals surface area contributed by atoms with Gasteiger partial charge in [-0.05, 0) is 74.5 Å². The second-order valence-electron chi connectivity index (χ2n) is 10.5. The summed E-state index contributed by atoms with van der Waals surface area (Å²) in [6.45, 7) is 6.19. The molecule has 6 nitrogen and oxygen atoms in total. The molecule has 0 radical (unpaired) electrons. The quantitative estimate of drug-likeness (QED) is 0.392. The molecular formula is C29H38Cl2N4O2. The van der Waals surface area contributed by atoms with Gasteiger partial charge in [0.2, 0.25) is 0 Å². The van der Waals surface area contributed by atoms with Gasteiger partial charge in [0.1, 0.15) is 5.82 Å². The van der Waals surface area contributed by atoms with Crippen molar-refractivity contribution in [2.45, 2.75) is 63.8 Å². The van der Waals surface area contributed by atoms with E-state index in [1.807, 2.05) is 12.3 Å². The average Bonchev–Trinajstić information content (AvgIpc) is 3.14. The fraction of sp³-hybridized carbons (Fsp3) is 0.517. The second-order valence-corrected chi connectivity index (χ2v) is 10.5. The largest absolute Gasteiger partial charge is 0.478 e. The summed E-state index contributed by atoms with van der Waals surface area (Å²) in [5.74, 6) is 0.744. The Morgan fingerprint density at radius 1 is 0.919 bits per heavy atom. The number of fused-ring (bicyclic) bond motifs is 5. The standard InChI is InChI=1S/C29H36N4O2.2ClH/c34-29(35)22-11-12-23-25(20-22)33-19-18-32(17-16-31-14-5-2-6-15-31)28-24(10-7-13-30-28)27(33)26(23)21-8-3-1-4-9-21;;/h7,10-13,20-21H,1-6,8-9,14-19H2,(H,34,35);2*1H. The number of likely N-dealkylation sites (tertiary alicyclic amines) is 1. The lowest BCUT2D eigenvalue weighted by atomic mass is 9.82. The zero-order valence-corrected chi connectivity index (χ0v) is 23.0. The van der Waals surface area contributed by atoms with E-state index >= 15 is 0 Å². The van der Waals surface area contributed by atoms with E-state index in [1.54, 1.807) is 6.07 Å². The van der Waals surface area contributed by atoms with E-state index in [0.717, 1.165) is 37.5 Å². The van der Waals surface area contributed by atoms with Crippen LogP contribution < -0.4 is 4.90 Å². The molecule has 0 atom stereocenters. The fourth-order valence-corrected chi connectivity index (χ4v) is 6.66. The predicted molar refractivity (Wildman–Crippen MR) is 155 cm³/mol. The van der Waals surface area contributed by atoms with E-state index in [9.17, 15) is 9.90 Å². The number of rotatable bonds is 5. The van der Waals surface area contributed by atoms with Gasteiger partial charge in [-0.2, -0.15) is 0 Å². The van der Waals surface area contributed by atoms with Crippen molar-refractivity contribution >= 4 is 47.5 Å². The summed E-state index contributed by atoms with van der Waals surface area (Å²) in [6, 6.07) is 10.0. The van der Waals surface area contributed by atoms with Gasteiger partial charge in [0, 0.05) is 48.8 Å². The molecule has 37 heavy (non-hydrogen) atoms. The van der Waals surface area contributed by atoms with Crippen LogP contribution in [-0.4, -0.2) is 58.3 Å². The molecule has 2 aromatic heterocycles. The van der Waals surface area contributed by atoms with Gasteiger partial charge in [0.25, 0.3) is 0 Å². The van der Waals surface area contributed by atoms with Gasteiger partial charge >= 0.3 is 5.97 Å². The molecule has 0 amide bonds. The summed E-state index contributed by atoms with van der Waals surface area (Å²) in [7, 11) is 0. The predicted octanol–water partition coefficient (Wildman–Crippen LogP) is 6.60. The molecule has 4 heterocycles. The molecule has 0 spiro atoms. The van der Waals surface area contributed by atoms with Crippen LogP contribution in [0.2, 0.25) is 0 Å². The Bertz CT molecular complexity index is 1230. The number of carboxylic acids is 1. The summed E-state index contributed by atoms with van der Waals surface area (Å²) in [5.41, 5.74) is 5.33. The lowest BCUT2D eigenvalue weighted by Crippen LogP contribution is -2.39. The van der Waals surface area contributed by atoms with E-state index in [2.05, 4.69) is 32.6 Å². The maximum atomic E-state index is 11.8. The van der Waals surface area contributed by atoms with Gasteiger partial charge < -0.3 is 19.5 Å². The normalized spacial score (nSPS) is 18.3. The van der Waals surface area contributed by atoms with Crippen LogP contribution in [0.3, 0.4) is 0 Å². The van der Waals surface area contributed by atoms with Gasteiger partial charge in [-0.1, -0.05) is 31.7 Å². The Morgan fingerprint density at radius 2 is 1.68 bits per heavy atom. The Kier molecular flexibility index (Phi) is 9.04. The number of aromatic nitrogens is 2. The molecule has 3 aromatic rings. The lowest BCUT2D eigenvalue weighted by molar-refractivity contribution is 0.0697. The molecule has 1 saturated carbocycles. The summed E-state index contributed by atoms with van der Waals surface area (Å²) in [6.07, 6.45) is 12.2. The van der Waals surface area contributed by atoms with Gasteiger partial charge in [-0.15, -0.1) is 24.8 Å². The van der Waals surface area contributed by atoms with Crippen molar-refractivity contribution in [3.63, 3.8) is 0 Å². The first-order chi connectivity index (χ1) is 17.2. The van der Waals surface area contributed by atoms with Gasteiger partial charge in [-0.3, -0.25) is 0 Å². The Morgan fingerprint density at radius 3 is 2.43 bits per heavy atom. The summed E-state index contributed by atoms with van der Waals surface area (Å²) >= 11 is 0. The molecule has 1 aliphatic carbocycles. The zero-order chi connectivity index (χ0) is 23.8. The highest BCUT2D eigenvalue weighted by Crippen LogP contribution is 2.46. The summed E-state index contributed by atoms with van der Waals surface area (Å²) < 4.78 is 2.41. The molecule has 0 unspecified atom stereocenters. The number of benzene rings is 1. The number of piperidine rings is 1. The molecule has 3 aliphatic rings. The zero-order valence-electron chi connectivity index (χ0n) is 21.4. The first-order valence-corrected chi connectivity index (χ1v) is 13.5. The van der Waals surface area contributed by atoms with Crippen LogP contribution in [0.1, 0.15) is 73.2 Å². The third-order valence-corrected chi connectivity index (χ3v) is 8.43. The average molecular weight is 546 g/mol. The third kappa shape index (κ3) is 5.34. The Hall–Kier alpha value is -2.28. The highest BCUT2D eigenvalue weighted by atomic mass is 35.5. The Labute approximate surface area is 231 Å². The minimum absolute atomic E-state index is 0. The number of nitrogens with zero attached hydrogens (tertiary/aromatic N) is 4. The second kappa shape index (κ2) is 12.1. The summed E-state index contributed by atoms with van der Waals surface area (Å²) in [5, 5.41) is 11.0. The van der Waals surface area contributed by atoms with Crippen molar-refractivity contribution in [3.05, 3.63) is 47.7 Å². The van der Waals surface area contributed by atoms with E-state index < -0.39 is 5.97 Å². The van der Waals surface area contributed by atoms with E-state index in [4.69, 9.17) is 4.98 Å². The Balaban J connectivity index is 0.00000160. The van der Waals surface area contributed by atoms with Crippen molar-refractivity contribution in [2.24, 2.45) is 0 Å². The number of carboxylic acid groups (broad SMARTS) is 1. The highest BCUT2D eigenvalue weighted by molar-refractivity contribution is 5.99. The van der Waals surface area contributed by atoms with Crippen LogP contribution >= 0.6 is 24.8 Å². The minimum atomic E-state index is -0.861. The number of carbonyl (C=O) groups is 1. The van der Waals surface area contributed by atoms with E-state index in [0.29, 0.717) is 11.5 Å².